The maximum Gasteiger partial charge on any atom is 0.307 e. The van der Waals surface area contributed by atoms with E-state index in [0.717, 1.165) is 26.1 Å². The Bertz CT molecular complexity index is 718. The van der Waals surface area contributed by atoms with Crippen LogP contribution in [0.5, 0.6) is 0 Å². The number of hydrogen-bond donors (Lipinski definition) is 1. The zero-order valence-electron chi connectivity index (χ0n) is 12.7. The Morgan fingerprint density at radius 2 is 2.30 bits per heavy atom. The molecule has 23 heavy (non-hydrogen) atoms. The Morgan fingerprint density at radius 3 is 3.13 bits per heavy atom. The number of hydrogen-bond acceptors (Lipinski definition) is 4. The van der Waals surface area contributed by atoms with Gasteiger partial charge in [-0.25, -0.2) is 9.37 Å². The standard InChI is InChI=1S/C17H18FN3O2/c18-13-3-1-2-12(7-13)15-8-19-17(23-15)16(22)20-14-6-11-4-5-21(9-11)10-14/h1-3,7-8,11,14H,4-6,9-10H2,(H,20,22)/t11-,14+/m0/s1. The fraction of sp³-hybridized carbons (Fsp3) is 0.412. The first-order valence-electron chi connectivity index (χ1n) is 7.92. The van der Waals surface area contributed by atoms with Crippen molar-refractivity contribution in [2.24, 2.45) is 5.92 Å². The molecule has 120 valence electrons. The van der Waals surface area contributed by atoms with Crippen LogP contribution in [0.25, 0.3) is 11.3 Å². The van der Waals surface area contributed by atoms with Gasteiger partial charge in [0.25, 0.3) is 5.89 Å². The molecule has 2 fully saturated rings. The number of fused-ring (bicyclic) bond motifs is 2. The fourth-order valence-electron chi connectivity index (χ4n) is 3.57. The molecule has 0 aliphatic carbocycles. The Balaban J connectivity index is 1.45. The van der Waals surface area contributed by atoms with Gasteiger partial charge in [-0.1, -0.05) is 12.1 Å². The first kappa shape index (κ1) is 14.4. The van der Waals surface area contributed by atoms with Crippen LogP contribution in [0.2, 0.25) is 0 Å². The minimum absolute atomic E-state index is 0.0252. The highest BCUT2D eigenvalue weighted by atomic mass is 19.1. The number of carbonyl (C=O) groups excluding carboxylic acids is 1. The summed E-state index contributed by atoms with van der Waals surface area (Å²) in [6.45, 7) is 3.16. The number of piperidine rings is 1. The van der Waals surface area contributed by atoms with Gasteiger partial charge < -0.3 is 14.6 Å². The van der Waals surface area contributed by atoms with E-state index in [9.17, 15) is 9.18 Å². The lowest BCUT2D eigenvalue weighted by molar-refractivity contribution is 0.0875. The average molecular weight is 315 g/mol. The van der Waals surface area contributed by atoms with Gasteiger partial charge in [-0.3, -0.25) is 4.79 Å². The summed E-state index contributed by atoms with van der Waals surface area (Å²) in [5, 5.41) is 3.00. The third-order valence-corrected chi connectivity index (χ3v) is 4.61. The molecule has 1 aromatic heterocycles. The molecule has 3 heterocycles. The van der Waals surface area contributed by atoms with Crippen molar-refractivity contribution in [3.05, 3.63) is 42.2 Å². The molecule has 5 nitrogen and oxygen atoms in total. The van der Waals surface area contributed by atoms with Gasteiger partial charge in [0.2, 0.25) is 0 Å². The Morgan fingerprint density at radius 1 is 1.39 bits per heavy atom. The summed E-state index contributed by atoms with van der Waals surface area (Å²) in [5.74, 6) is 0.442. The second-order valence-electron chi connectivity index (χ2n) is 6.36. The predicted octanol–water partition coefficient (Wildman–Crippen LogP) is 2.30. The van der Waals surface area contributed by atoms with E-state index in [1.54, 1.807) is 12.1 Å². The normalized spacial score (nSPS) is 26.2. The van der Waals surface area contributed by atoms with Crippen molar-refractivity contribution in [3.8, 4) is 11.3 Å². The molecule has 1 N–H and O–H groups in total. The molecule has 4 rings (SSSR count). The van der Waals surface area contributed by atoms with E-state index in [1.807, 2.05) is 0 Å². The van der Waals surface area contributed by atoms with Crippen LogP contribution in [-0.2, 0) is 0 Å². The second-order valence-corrected chi connectivity index (χ2v) is 6.36. The quantitative estimate of drug-likeness (QED) is 0.944. The number of amides is 1. The van der Waals surface area contributed by atoms with Gasteiger partial charge >= 0.3 is 5.91 Å². The number of nitrogens with zero attached hydrogens (tertiary/aromatic N) is 2. The number of carbonyl (C=O) groups is 1. The maximum absolute atomic E-state index is 13.3. The van der Waals surface area contributed by atoms with Gasteiger partial charge in [0.15, 0.2) is 5.76 Å². The van der Waals surface area contributed by atoms with E-state index >= 15 is 0 Å². The largest absolute Gasteiger partial charge is 0.432 e. The minimum Gasteiger partial charge on any atom is -0.432 e. The molecule has 2 aliphatic heterocycles. The number of nitrogens with one attached hydrogen (secondary N) is 1. The second kappa shape index (κ2) is 5.77. The van der Waals surface area contributed by atoms with E-state index in [2.05, 4.69) is 15.2 Å². The third kappa shape index (κ3) is 2.99. The van der Waals surface area contributed by atoms with E-state index < -0.39 is 0 Å². The molecule has 0 spiro atoms. The van der Waals surface area contributed by atoms with Crippen molar-refractivity contribution >= 4 is 5.91 Å². The van der Waals surface area contributed by atoms with E-state index in [0.29, 0.717) is 17.2 Å². The summed E-state index contributed by atoms with van der Waals surface area (Å²) in [5.41, 5.74) is 0.568. The lowest BCUT2D eigenvalue weighted by atomic mass is 9.97. The van der Waals surface area contributed by atoms with Crippen molar-refractivity contribution in [1.82, 2.24) is 15.2 Å². The molecule has 0 radical (unpaired) electrons. The Kier molecular flexibility index (Phi) is 3.61. The molecule has 2 bridgehead atoms. The molecule has 1 aromatic carbocycles. The zero-order valence-corrected chi connectivity index (χ0v) is 12.7. The number of oxazole rings is 1. The van der Waals surface area contributed by atoms with E-state index in [-0.39, 0.29) is 23.7 Å². The van der Waals surface area contributed by atoms with Crippen molar-refractivity contribution < 1.29 is 13.6 Å². The highest BCUT2D eigenvalue weighted by molar-refractivity contribution is 5.90. The Hall–Kier alpha value is -2.21. The predicted molar refractivity (Wildman–Crippen MR) is 82.3 cm³/mol. The minimum atomic E-state index is -0.350. The number of benzene rings is 1. The lowest BCUT2D eigenvalue weighted by Crippen LogP contribution is -2.47. The van der Waals surface area contributed by atoms with Gasteiger partial charge in [0, 0.05) is 24.7 Å². The van der Waals surface area contributed by atoms with Gasteiger partial charge in [-0.2, -0.15) is 0 Å². The summed E-state index contributed by atoms with van der Waals surface area (Å²) in [7, 11) is 0. The molecule has 2 saturated heterocycles. The summed E-state index contributed by atoms with van der Waals surface area (Å²) in [6, 6.07) is 6.18. The molecule has 3 atom stereocenters. The fourth-order valence-corrected chi connectivity index (χ4v) is 3.57. The molecular weight excluding hydrogens is 297 g/mol. The van der Waals surface area contributed by atoms with Gasteiger partial charge in [0.05, 0.1) is 6.20 Å². The van der Waals surface area contributed by atoms with Gasteiger partial charge in [-0.05, 0) is 37.4 Å². The smallest absolute Gasteiger partial charge is 0.307 e. The highest BCUT2D eigenvalue weighted by Gasteiger charge is 2.33. The van der Waals surface area contributed by atoms with Crippen molar-refractivity contribution in [2.75, 3.05) is 19.6 Å². The summed E-state index contributed by atoms with van der Waals surface area (Å²) in [6.07, 6.45) is 3.69. The first-order chi connectivity index (χ1) is 11.2. The summed E-state index contributed by atoms with van der Waals surface area (Å²) in [4.78, 5) is 18.7. The van der Waals surface area contributed by atoms with Crippen molar-refractivity contribution in [1.29, 1.82) is 0 Å². The monoisotopic (exact) mass is 315 g/mol. The van der Waals surface area contributed by atoms with Crippen LogP contribution in [0.1, 0.15) is 23.5 Å². The molecule has 2 aliphatic rings. The maximum atomic E-state index is 13.3. The Labute approximate surface area is 133 Å². The number of rotatable bonds is 3. The van der Waals surface area contributed by atoms with Crippen LogP contribution in [0, 0.1) is 11.7 Å². The third-order valence-electron chi connectivity index (χ3n) is 4.61. The SMILES string of the molecule is O=C(N[C@@H]1C[C@@H]2CCN(C2)C1)c1ncc(-c2cccc(F)c2)o1. The molecular formula is C17H18FN3O2. The number of halogens is 1. The molecule has 6 heteroatoms. The van der Waals surface area contributed by atoms with E-state index in [4.69, 9.17) is 4.42 Å². The lowest BCUT2D eigenvalue weighted by Gasteiger charge is -2.30. The number of aromatic nitrogens is 1. The molecule has 2 aromatic rings. The molecule has 0 saturated carbocycles. The van der Waals surface area contributed by atoms with Crippen LogP contribution in [-0.4, -0.2) is 41.5 Å². The van der Waals surface area contributed by atoms with Crippen LogP contribution in [0.15, 0.2) is 34.9 Å². The van der Waals surface area contributed by atoms with Crippen LogP contribution in [0.4, 0.5) is 4.39 Å². The van der Waals surface area contributed by atoms with Crippen LogP contribution >= 0.6 is 0 Å². The summed E-state index contributed by atoms with van der Waals surface area (Å²) < 4.78 is 18.8. The van der Waals surface area contributed by atoms with Crippen LogP contribution in [0.3, 0.4) is 0 Å². The van der Waals surface area contributed by atoms with E-state index in [1.165, 1.54) is 24.8 Å². The topological polar surface area (TPSA) is 58.4 Å². The van der Waals surface area contributed by atoms with Crippen LogP contribution < -0.4 is 5.32 Å². The molecule has 1 amide bonds. The van der Waals surface area contributed by atoms with Crippen molar-refractivity contribution in [2.45, 2.75) is 18.9 Å². The first-order valence-corrected chi connectivity index (χ1v) is 7.92. The van der Waals surface area contributed by atoms with Gasteiger partial charge in [0.1, 0.15) is 5.82 Å². The zero-order chi connectivity index (χ0) is 15.8. The average Bonchev–Trinajstić information content (AvgIpc) is 3.14. The summed E-state index contributed by atoms with van der Waals surface area (Å²) >= 11 is 0. The molecule has 1 unspecified atom stereocenters. The van der Waals surface area contributed by atoms with Gasteiger partial charge in [-0.15, -0.1) is 0 Å². The van der Waals surface area contributed by atoms with Crippen molar-refractivity contribution in [3.63, 3.8) is 0 Å². The highest BCUT2D eigenvalue weighted by Crippen LogP contribution is 2.27.